The molecule has 0 aliphatic heterocycles. The average molecular weight is 367 g/mol. The van der Waals surface area contributed by atoms with Crippen molar-refractivity contribution < 1.29 is 13.9 Å². The minimum atomic E-state index is -0.187. The van der Waals surface area contributed by atoms with Crippen LogP contribution in [-0.2, 0) is 0 Å². The zero-order valence-electron chi connectivity index (χ0n) is 16.2. The van der Waals surface area contributed by atoms with Gasteiger partial charge in [-0.3, -0.25) is 4.79 Å². The van der Waals surface area contributed by atoms with Crippen molar-refractivity contribution in [1.29, 1.82) is 0 Å². The molecule has 2 aromatic heterocycles. The van der Waals surface area contributed by atoms with E-state index in [-0.39, 0.29) is 11.9 Å². The molecule has 1 fully saturated rings. The molecule has 0 bridgehead atoms. The fourth-order valence-corrected chi connectivity index (χ4v) is 3.60. The number of anilines is 1. The minimum Gasteiger partial charge on any atom is -0.494 e. The number of amides is 1. The molecule has 0 saturated heterocycles. The van der Waals surface area contributed by atoms with Gasteiger partial charge in [0.25, 0.3) is 5.91 Å². The molecule has 1 aliphatic carbocycles. The maximum atomic E-state index is 13.1. The van der Waals surface area contributed by atoms with Crippen molar-refractivity contribution in [3.8, 4) is 5.75 Å². The summed E-state index contributed by atoms with van der Waals surface area (Å²) in [7, 11) is 0. The Labute approximate surface area is 158 Å². The number of hydrogen-bond acceptors (Lipinski definition) is 4. The lowest BCUT2D eigenvalue weighted by Crippen LogP contribution is -2.19. The number of benzene rings is 1. The number of rotatable bonds is 6. The lowest BCUT2D eigenvalue weighted by atomic mass is 10.1. The van der Waals surface area contributed by atoms with E-state index in [0.717, 1.165) is 22.5 Å². The Bertz CT molecular complexity index is 998. The number of carbonyl (C=O) groups excluding carboxylic acids is 1. The number of carbonyl (C=O) groups is 1. The zero-order valence-corrected chi connectivity index (χ0v) is 16.2. The van der Waals surface area contributed by atoms with Gasteiger partial charge in [0, 0.05) is 10.9 Å². The van der Waals surface area contributed by atoms with Crippen LogP contribution in [0.3, 0.4) is 0 Å². The van der Waals surface area contributed by atoms with Gasteiger partial charge in [0.05, 0.1) is 24.4 Å². The van der Waals surface area contributed by atoms with E-state index in [0.29, 0.717) is 29.4 Å². The highest BCUT2D eigenvalue weighted by Crippen LogP contribution is 2.41. The topological polar surface area (TPSA) is 69.3 Å². The van der Waals surface area contributed by atoms with Crippen LogP contribution < -0.4 is 10.1 Å². The van der Waals surface area contributed by atoms with Crippen LogP contribution in [0.4, 0.5) is 5.82 Å². The summed E-state index contributed by atoms with van der Waals surface area (Å²) in [4.78, 5) is 13.1. The Kier molecular flexibility index (Phi) is 4.42. The highest BCUT2D eigenvalue weighted by molar-refractivity contribution is 6.13. The fourth-order valence-electron chi connectivity index (χ4n) is 3.60. The Balaban J connectivity index is 1.68. The largest absolute Gasteiger partial charge is 0.494 e. The van der Waals surface area contributed by atoms with E-state index in [1.165, 1.54) is 12.8 Å². The Morgan fingerprint density at radius 1 is 1.41 bits per heavy atom. The molecule has 1 aliphatic rings. The monoisotopic (exact) mass is 367 g/mol. The Hall–Kier alpha value is -2.76. The van der Waals surface area contributed by atoms with Gasteiger partial charge in [0.15, 0.2) is 0 Å². The molecule has 1 N–H and O–H groups in total. The maximum absolute atomic E-state index is 13.1. The number of aromatic nitrogens is 2. The highest BCUT2D eigenvalue weighted by Gasteiger charge is 2.31. The molecule has 1 unspecified atom stereocenters. The highest BCUT2D eigenvalue weighted by atomic mass is 16.5. The third-order valence-corrected chi connectivity index (χ3v) is 5.27. The molecule has 27 heavy (non-hydrogen) atoms. The maximum Gasteiger partial charge on any atom is 0.260 e. The van der Waals surface area contributed by atoms with E-state index in [9.17, 15) is 4.79 Å². The van der Waals surface area contributed by atoms with Crippen LogP contribution in [-0.4, -0.2) is 22.3 Å². The molecule has 1 amide bonds. The number of furan rings is 1. The van der Waals surface area contributed by atoms with E-state index in [2.05, 4.69) is 17.3 Å². The number of fused-ring (bicyclic) bond motifs is 1. The van der Waals surface area contributed by atoms with Gasteiger partial charge in [0.2, 0.25) is 0 Å². The van der Waals surface area contributed by atoms with Gasteiger partial charge in [0.1, 0.15) is 22.9 Å². The van der Waals surface area contributed by atoms with Crippen LogP contribution in [0, 0.1) is 19.8 Å². The van der Waals surface area contributed by atoms with E-state index >= 15 is 0 Å². The zero-order chi connectivity index (χ0) is 19.1. The first-order valence-corrected chi connectivity index (χ1v) is 9.51. The smallest absolute Gasteiger partial charge is 0.260 e. The van der Waals surface area contributed by atoms with Gasteiger partial charge in [-0.15, -0.1) is 0 Å². The molecule has 2 heterocycles. The third-order valence-electron chi connectivity index (χ3n) is 5.27. The standard InChI is InChI=1S/C21H25N3O3/c1-5-26-16-8-9-18-17(10-16)19(14(4)27-18)21(25)23-20-12(2)11-22-24(20)13(3)15-6-7-15/h8-11,13,15H,5-7H2,1-4H3,(H,23,25). The molecule has 0 spiro atoms. The molecule has 0 radical (unpaired) electrons. The third kappa shape index (κ3) is 3.20. The quantitative estimate of drug-likeness (QED) is 0.675. The van der Waals surface area contributed by atoms with Crippen LogP contribution in [0.1, 0.15) is 54.4 Å². The van der Waals surface area contributed by atoms with E-state index in [4.69, 9.17) is 9.15 Å². The molecule has 3 aromatic rings. The van der Waals surface area contributed by atoms with Crippen LogP contribution in [0.5, 0.6) is 5.75 Å². The molecule has 1 saturated carbocycles. The van der Waals surface area contributed by atoms with Gasteiger partial charge in [-0.05, 0) is 64.7 Å². The second-order valence-corrected chi connectivity index (χ2v) is 7.28. The van der Waals surface area contributed by atoms with E-state index in [1.54, 1.807) is 0 Å². The summed E-state index contributed by atoms with van der Waals surface area (Å²) in [5, 5.41) is 8.32. The molecule has 4 rings (SSSR count). The number of aryl methyl sites for hydroxylation is 2. The first-order chi connectivity index (χ1) is 13.0. The fraction of sp³-hybridized carbons (Fsp3) is 0.429. The average Bonchev–Trinajstić information content (AvgIpc) is 3.35. The van der Waals surface area contributed by atoms with E-state index < -0.39 is 0 Å². The Morgan fingerprint density at radius 2 is 2.19 bits per heavy atom. The molecule has 1 atom stereocenters. The van der Waals surface area contributed by atoms with E-state index in [1.807, 2.05) is 49.8 Å². The molecular formula is C21H25N3O3. The van der Waals surface area contributed by atoms with Crippen LogP contribution in [0.25, 0.3) is 11.0 Å². The van der Waals surface area contributed by atoms with Crippen LogP contribution in [0.15, 0.2) is 28.8 Å². The minimum absolute atomic E-state index is 0.187. The van der Waals surface area contributed by atoms with Crippen molar-refractivity contribution in [2.75, 3.05) is 11.9 Å². The molecule has 142 valence electrons. The summed E-state index contributed by atoms with van der Waals surface area (Å²) in [6.45, 7) is 8.44. The second kappa shape index (κ2) is 6.76. The lowest BCUT2D eigenvalue weighted by Gasteiger charge is -2.16. The van der Waals surface area contributed by atoms with Crippen LogP contribution >= 0.6 is 0 Å². The Morgan fingerprint density at radius 3 is 2.89 bits per heavy atom. The summed E-state index contributed by atoms with van der Waals surface area (Å²) < 4.78 is 13.3. The number of nitrogens with zero attached hydrogens (tertiary/aromatic N) is 2. The van der Waals surface area contributed by atoms with Crippen molar-refractivity contribution in [2.24, 2.45) is 5.92 Å². The van der Waals surface area contributed by atoms with Crippen molar-refractivity contribution in [1.82, 2.24) is 9.78 Å². The summed E-state index contributed by atoms with van der Waals surface area (Å²) in [6.07, 6.45) is 4.25. The SMILES string of the molecule is CCOc1ccc2oc(C)c(C(=O)Nc3c(C)cnn3C(C)C3CC3)c2c1. The lowest BCUT2D eigenvalue weighted by molar-refractivity contribution is 0.102. The normalized spacial score (nSPS) is 15.1. The van der Waals surface area contributed by atoms with Crippen molar-refractivity contribution in [3.05, 3.63) is 41.3 Å². The van der Waals surface area contributed by atoms with Gasteiger partial charge in [-0.1, -0.05) is 0 Å². The van der Waals surface area contributed by atoms with Crippen molar-refractivity contribution in [2.45, 2.75) is 46.6 Å². The molecule has 6 nitrogen and oxygen atoms in total. The predicted octanol–water partition coefficient (Wildman–Crippen LogP) is 4.87. The van der Waals surface area contributed by atoms with Gasteiger partial charge in [-0.25, -0.2) is 4.68 Å². The summed E-state index contributed by atoms with van der Waals surface area (Å²) in [5.41, 5.74) is 2.17. The summed E-state index contributed by atoms with van der Waals surface area (Å²) in [5.74, 6) is 2.53. The van der Waals surface area contributed by atoms with Crippen LogP contribution in [0.2, 0.25) is 0 Å². The summed E-state index contributed by atoms with van der Waals surface area (Å²) in [6, 6.07) is 5.84. The first-order valence-electron chi connectivity index (χ1n) is 9.51. The van der Waals surface area contributed by atoms with Crippen molar-refractivity contribution >= 4 is 22.7 Å². The van der Waals surface area contributed by atoms with Gasteiger partial charge >= 0.3 is 0 Å². The summed E-state index contributed by atoms with van der Waals surface area (Å²) >= 11 is 0. The van der Waals surface area contributed by atoms with Gasteiger partial charge < -0.3 is 14.5 Å². The predicted molar refractivity (Wildman–Crippen MR) is 104 cm³/mol. The number of nitrogens with one attached hydrogen (secondary N) is 1. The second-order valence-electron chi connectivity index (χ2n) is 7.28. The van der Waals surface area contributed by atoms with Gasteiger partial charge in [-0.2, -0.15) is 5.10 Å². The molecule has 1 aromatic carbocycles. The van der Waals surface area contributed by atoms with Crippen molar-refractivity contribution in [3.63, 3.8) is 0 Å². The molecular weight excluding hydrogens is 342 g/mol. The number of hydrogen-bond donors (Lipinski definition) is 1. The molecule has 6 heteroatoms. The number of ether oxygens (including phenoxy) is 1. The first kappa shape index (κ1) is 17.6.